The highest BCUT2D eigenvalue weighted by atomic mass is 15.3. The highest BCUT2D eigenvalue weighted by Gasteiger charge is 2.35. The van der Waals surface area contributed by atoms with Crippen LogP contribution in [0.15, 0.2) is 12.3 Å². The van der Waals surface area contributed by atoms with E-state index in [0.717, 1.165) is 18.9 Å². The monoisotopic (exact) mass is 192 g/mol. The van der Waals surface area contributed by atoms with Gasteiger partial charge in [0.15, 0.2) is 5.82 Å². The van der Waals surface area contributed by atoms with Gasteiger partial charge in [-0.25, -0.2) is 4.98 Å². The van der Waals surface area contributed by atoms with Crippen LogP contribution in [0.3, 0.4) is 0 Å². The van der Waals surface area contributed by atoms with Crippen LogP contribution in [0.1, 0.15) is 13.8 Å². The molecule has 0 amide bonds. The number of hydrogen-bond donors (Lipinski definition) is 2. The lowest BCUT2D eigenvalue weighted by molar-refractivity contribution is 0.275. The average molecular weight is 192 g/mol. The zero-order valence-electron chi connectivity index (χ0n) is 8.62. The number of nitrogens with zero attached hydrogens (tertiary/aromatic N) is 2. The summed E-state index contributed by atoms with van der Waals surface area (Å²) in [6.07, 6.45) is 1.70. The maximum Gasteiger partial charge on any atom is 0.153 e. The third-order valence-electron chi connectivity index (χ3n) is 2.54. The van der Waals surface area contributed by atoms with Crippen LogP contribution >= 0.6 is 0 Å². The average Bonchev–Trinajstić information content (AvgIpc) is 2.06. The van der Waals surface area contributed by atoms with E-state index in [4.69, 9.17) is 11.5 Å². The molecule has 0 spiro atoms. The minimum Gasteiger partial charge on any atom is -0.397 e. The van der Waals surface area contributed by atoms with Crippen LogP contribution in [0, 0.1) is 5.41 Å². The lowest BCUT2D eigenvalue weighted by Crippen LogP contribution is -2.53. The first-order chi connectivity index (χ1) is 6.49. The molecule has 0 radical (unpaired) electrons. The Bertz CT molecular complexity index is 351. The first kappa shape index (κ1) is 9.12. The van der Waals surface area contributed by atoms with Gasteiger partial charge in [-0.2, -0.15) is 0 Å². The van der Waals surface area contributed by atoms with Gasteiger partial charge < -0.3 is 16.4 Å². The molecule has 1 aromatic heterocycles. The fourth-order valence-corrected chi connectivity index (χ4v) is 1.87. The standard InChI is InChI=1S/C10H16N4/c1-10(2)5-14(6-10)9-8(12)7(11)3-4-13-9/h3-4H,5-6,12H2,1-2H3,(H2,11,13). The summed E-state index contributed by atoms with van der Waals surface area (Å²) in [4.78, 5) is 6.41. The third kappa shape index (κ3) is 1.36. The van der Waals surface area contributed by atoms with Gasteiger partial charge in [0.1, 0.15) is 0 Å². The van der Waals surface area contributed by atoms with E-state index >= 15 is 0 Å². The second-order valence-corrected chi connectivity index (χ2v) is 4.66. The lowest BCUT2D eigenvalue weighted by atomic mass is 9.84. The molecule has 0 bridgehead atoms. The van der Waals surface area contributed by atoms with Crippen molar-refractivity contribution in [3.05, 3.63) is 12.3 Å². The van der Waals surface area contributed by atoms with E-state index in [0.29, 0.717) is 16.8 Å². The SMILES string of the molecule is CC1(C)CN(c2nccc(N)c2N)C1. The molecule has 1 fully saturated rings. The van der Waals surface area contributed by atoms with Crippen molar-refractivity contribution in [2.75, 3.05) is 29.5 Å². The molecule has 0 atom stereocenters. The Balaban J connectivity index is 2.23. The van der Waals surface area contributed by atoms with Crippen molar-refractivity contribution in [3.8, 4) is 0 Å². The van der Waals surface area contributed by atoms with Crippen LogP contribution in [-0.4, -0.2) is 18.1 Å². The molecular formula is C10H16N4. The molecule has 0 saturated carbocycles. The van der Waals surface area contributed by atoms with Gasteiger partial charge in [0, 0.05) is 19.3 Å². The highest BCUT2D eigenvalue weighted by Crippen LogP contribution is 2.36. The molecule has 4 N–H and O–H groups in total. The number of anilines is 3. The van der Waals surface area contributed by atoms with Crippen LogP contribution in [0.25, 0.3) is 0 Å². The Labute approximate surface area is 83.9 Å². The maximum atomic E-state index is 5.85. The van der Waals surface area contributed by atoms with Crippen LogP contribution < -0.4 is 16.4 Å². The van der Waals surface area contributed by atoms with Crippen molar-refractivity contribution in [2.24, 2.45) is 5.41 Å². The van der Waals surface area contributed by atoms with E-state index < -0.39 is 0 Å². The number of rotatable bonds is 1. The molecule has 1 aromatic rings. The second kappa shape index (κ2) is 2.77. The van der Waals surface area contributed by atoms with E-state index in [1.54, 1.807) is 12.3 Å². The van der Waals surface area contributed by atoms with Crippen molar-refractivity contribution in [3.63, 3.8) is 0 Å². The normalized spacial score (nSPS) is 19.1. The number of aromatic nitrogens is 1. The minimum absolute atomic E-state index is 0.374. The van der Waals surface area contributed by atoms with E-state index in [1.807, 2.05) is 0 Å². The van der Waals surface area contributed by atoms with Gasteiger partial charge >= 0.3 is 0 Å². The Kier molecular flexibility index (Phi) is 1.80. The largest absolute Gasteiger partial charge is 0.397 e. The lowest BCUT2D eigenvalue weighted by Gasteiger charge is -2.46. The fraction of sp³-hybridized carbons (Fsp3) is 0.500. The van der Waals surface area contributed by atoms with Gasteiger partial charge in [0.2, 0.25) is 0 Å². The summed E-state index contributed by atoms with van der Waals surface area (Å²) in [5.41, 5.74) is 13.2. The number of nitrogen functional groups attached to an aromatic ring is 2. The van der Waals surface area contributed by atoms with Gasteiger partial charge in [-0.15, -0.1) is 0 Å². The predicted octanol–water partition coefficient (Wildman–Crippen LogP) is 1.09. The molecule has 0 aromatic carbocycles. The Morgan fingerprint density at radius 3 is 2.57 bits per heavy atom. The Hall–Kier alpha value is -1.45. The number of nitrogens with two attached hydrogens (primary N) is 2. The zero-order valence-corrected chi connectivity index (χ0v) is 8.62. The zero-order chi connectivity index (χ0) is 10.3. The molecule has 4 nitrogen and oxygen atoms in total. The molecule has 76 valence electrons. The van der Waals surface area contributed by atoms with Gasteiger partial charge in [-0.1, -0.05) is 13.8 Å². The third-order valence-corrected chi connectivity index (χ3v) is 2.54. The van der Waals surface area contributed by atoms with Crippen molar-refractivity contribution in [2.45, 2.75) is 13.8 Å². The summed E-state index contributed by atoms with van der Waals surface area (Å²) in [7, 11) is 0. The van der Waals surface area contributed by atoms with Crippen molar-refractivity contribution in [1.82, 2.24) is 4.98 Å². The van der Waals surface area contributed by atoms with E-state index in [1.165, 1.54) is 0 Å². The summed E-state index contributed by atoms with van der Waals surface area (Å²) in [5, 5.41) is 0. The molecule has 2 rings (SSSR count). The molecule has 4 heteroatoms. The van der Waals surface area contributed by atoms with E-state index in [9.17, 15) is 0 Å². The fourth-order valence-electron chi connectivity index (χ4n) is 1.87. The molecule has 0 aliphatic carbocycles. The summed E-state index contributed by atoms with van der Waals surface area (Å²) >= 11 is 0. The summed E-state index contributed by atoms with van der Waals surface area (Å²) < 4.78 is 0. The number of pyridine rings is 1. The molecule has 1 aliphatic heterocycles. The smallest absolute Gasteiger partial charge is 0.153 e. The van der Waals surface area contributed by atoms with Gasteiger partial charge in [0.25, 0.3) is 0 Å². The quantitative estimate of drug-likeness (QED) is 0.699. The van der Waals surface area contributed by atoms with Crippen molar-refractivity contribution in [1.29, 1.82) is 0 Å². The molecule has 14 heavy (non-hydrogen) atoms. The van der Waals surface area contributed by atoms with Crippen LogP contribution in [0.2, 0.25) is 0 Å². The highest BCUT2D eigenvalue weighted by molar-refractivity contribution is 5.76. The molecular weight excluding hydrogens is 176 g/mol. The van der Waals surface area contributed by atoms with E-state index in [2.05, 4.69) is 23.7 Å². The number of hydrogen-bond acceptors (Lipinski definition) is 4. The van der Waals surface area contributed by atoms with Crippen LogP contribution in [0.4, 0.5) is 17.2 Å². The predicted molar refractivity (Wildman–Crippen MR) is 59.1 cm³/mol. The van der Waals surface area contributed by atoms with Crippen LogP contribution in [-0.2, 0) is 0 Å². The maximum absolute atomic E-state index is 5.85. The Morgan fingerprint density at radius 2 is 2.00 bits per heavy atom. The first-order valence-electron chi connectivity index (χ1n) is 4.74. The summed E-state index contributed by atoms with van der Waals surface area (Å²) in [6.45, 7) is 6.44. The second-order valence-electron chi connectivity index (χ2n) is 4.66. The van der Waals surface area contributed by atoms with Gasteiger partial charge in [0.05, 0.1) is 11.4 Å². The van der Waals surface area contributed by atoms with Crippen LogP contribution in [0.5, 0.6) is 0 Å². The minimum atomic E-state index is 0.374. The first-order valence-corrected chi connectivity index (χ1v) is 4.74. The molecule has 1 aliphatic rings. The van der Waals surface area contributed by atoms with Crippen molar-refractivity contribution < 1.29 is 0 Å². The van der Waals surface area contributed by atoms with Gasteiger partial charge in [-0.05, 0) is 11.5 Å². The van der Waals surface area contributed by atoms with Crippen molar-refractivity contribution >= 4 is 17.2 Å². The molecule has 1 saturated heterocycles. The van der Waals surface area contributed by atoms with Gasteiger partial charge in [-0.3, -0.25) is 0 Å². The van der Waals surface area contributed by atoms with E-state index in [-0.39, 0.29) is 0 Å². The topological polar surface area (TPSA) is 68.2 Å². The molecule has 2 heterocycles. The summed E-state index contributed by atoms with van der Waals surface area (Å²) in [6, 6.07) is 1.73. The molecule has 0 unspecified atom stereocenters. The Morgan fingerprint density at radius 1 is 1.36 bits per heavy atom. The summed E-state index contributed by atoms with van der Waals surface area (Å²) in [5.74, 6) is 0.823.